The van der Waals surface area contributed by atoms with Crippen LogP contribution < -0.4 is 11.1 Å². The van der Waals surface area contributed by atoms with E-state index in [9.17, 15) is 8.42 Å². The molecule has 8 heteroatoms. The van der Waals surface area contributed by atoms with Crippen molar-refractivity contribution in [1.29, 1.82) is 0 Å². The van der Waals surface area contributed by atoms with E-state index in [1.54, 1.807) is 14.0 Å². The van der Waals surface area contributed by atoms with Gasteiger partial charge < -0.3 is 11.1 Å². The van der Waals surface area contributed by atoms with Crippen LogP contribution in [0.2, 0.25) is 0 Å². The second kappa shape index (κ2) is 10.0. The van der Waals surface area contributed by atoms with Crippen molar-refractivity contribution in [2.45, 2.75) is 20.3 Å². The van der Waals surface area contributed by atoms with Crippen molar-refractivity contribution >= 4 is 45.6 Å². The molecule has 0 saturated heterocycles. The summed E-state index contributed by atoms with van der Waals surface area (Å²) in [4.78, 5) is 4.19. The molecule has 0 aliphatic heterocycles. The summed E-state index contributed by atoms with van der Waals surface area (Å²) >= 11 is 0. The second-order valence-electron chi connectivity index (χ2n) is 4.84. The lowest BCUT2D eigenvalue weighted by molar-refractivity contribution is 0.465. The highest BCUT2D eigenvalue weighted by Crippen LogP contribution is 2.08. The van der Waals surface area contributed by atoms with Crippen LogP contribution in [0.1, 0.15) is 18.9 Å². The van der Waals surface area contributed by atoms with Crippen molar-refractivity contribution in [1.82, 2.24) is 4.31 Å². The molecule has 0 aromatic heterocycles. The minimum Gasteiger partial charge on any atom is -0.370 e. The Morgan fingerprint density at radius 1 is 1.41 bits per heavy atom. The predicted molar refractivity (Wildman–Crippen MR) is 103 cm³/mol. The fourth-order valence-corrected chi connectivity index (χ4v) is 2.61. The number of hydrogen-bond donors (Lipinski definition) is 2. The molecule has 0 unspecified atom stereocenters. The second-order valence-corrected chi connectivity index (χ2v) is 7.20. The van der Waals surface area contributed by atoms with Gasteiger partial charge in [0.25, 0.3) is 0 Å². The Kier molecular flexibility index (Phi) is 9.61. The Hall–Kier alpha value is -0.870. The summed E-state index contributed by atoms with van der Waals surface area (Å²) in [6, 6.07) is 7.83. The van der Waals surface area contributed by atoms with Crippen LogP contribution in [0.25, 0.3) is 0 Å². The van der Waals surface area contributed by atoms with E-state index in [4.69, 9.17) is 5.73 Å². The van der Waals surface area contributed by atoms with Crippen molar-refractivity contribution in [2.24, 2.45) is 10.7 Å². The lowest BCUT2D eigenvalue weighted by atomic mass is 10.2. The quantitative estimate of drug-likeness (QED) is 0.294. The summed E-state index contributed by atoms with van der Waals surface area (Å²) in [5, 5.41) is 3.01. The molecule has 1 rings (SSSR count). The lowest BCUT2D eigenvalue weighted by Crippen LogP contribution is -2.30. The Morgan fingerprint density at radius 2 is 2.09 bits per heavy atom. The van der Waals surface area contributed by atoms with Gasteiger partial charge in [-0.1, -0.05) is 12.1 Å². The highest BCUT2D eigenvalue weighted by molar-refractivity contribution is 14.0. The van der Waals surface area contributed by atoms with Gasteiger partial charge in [-0.3, -0.25) is 4.99 Å². The van der Waals surface area contributed by atoms with Crippen molar-refractivity contribution in [3.63, 3.8) is 0 Å². The number of nitrogens with two attached hydrogens (primary N) is 1. The molecule has 1 aromatic rings. The van der Waals surface area contributed by atoms with E-state index in [1.807, 2.05) is 31.2 Å². The molecular weight excluding hydrogens is 415 g/mol. The Balaban J connectivity index is 0.00000441. The largest absolute Gasteiger partial charge is 0.370 e. The highest BCUT2D eigenvalue weighted by Gasteiger charge is 2.13. The maximum absolute atomic E-state index is 11.6. The topological polar surface area (TPSA) is 87.8 Å². The number of aryl methyl sites for hydroxylation is 1. The van der Waals surface area contributed by atoms with Gasteiger partial charge in [-0.2, -0.15) is 0 Å². The first-order chi connectivity index (χ1) is 9.85. The number of hydrogen-bond acceptors (Lipinski definition) is 3. The molecule has 0 bridgehead atoms. The van der Waals surface area contributed by atoms with Gasteiger partial charge in [0.15, 0.2) is 5.96 Å². The molecule has 126 valence electrons. The van der Waals surface area contributed by atoms with Crippen LogP contribution in [0.3, 0.4) is 0 Å². The third kappa shape index (κ3) is 7.41. The number of nitrogens with one attached hydrogen (secondary N) is 1. The smallest absolute Gasteiger partial charge is 0.213 e. The SMILES string of the molecule is CCS(=O)(=O)N(C)CCCN=C(N)Nc1cccc(C)c1.I. The normalized spacial score (nSPS) is 12.1. The van der Waals surface area contributed by atoms with E-state index >= 15 is 0 Å². The van der Waals surface area contributed by atoms with E-state index in [1.165, 1.54) is 4.31 Å². The predicted octanol–water partition coefficient (Wildman–Crippen LogP) is 2.01. The van der Waals surface area contributed by atoms with Gasteiger partial charge in [0.1, 0.15) is 0 Å². The van der Waals surface area contributed by atoms with Crippen LogP contribution in [0.15, 0.2) is 29.3 Å². The molecule has 0 fully saturated rings. The number of rotatable bonds is 7. The third-order valence-electron chi connectivity index (χ3n) is 3.04. The monoisotopic (exact) mass is 440 g/mol. The number of benzene rings is 1. The zero-order valence-corrected chi connectivity index (χ0v) is 16.4. The van der Waals surface area contributed by atoms with Crippen LogP contribution in [0, 0.1) is 6.92 Å². The Bertz CT molecular complexity index is 590. The zero-order chi connectivity index (χ0) is 15.9. The molecule has 3 N–H and O–H groups in total. The van der Waals surface area contributed by atoms with E-state index < -0.39 is 10.0 Å². The van der Waals surface area contributed by atoms with Gasteiger partial charge in [0.05, 0.1) is 5.75 Å². The molecule has 0 amide bonds. The van der Waals surface area contributed by atoms with Gasteiger partial charge in [-0.05, 0) is 38.0 Å². The maximum Gasteiger partial charge on any atom is 0.213 e. The minimum atomic E-state index is -3.11. The molecule has 1 aromatic carbocycles. The fourth-order valence-electron chi connectivity index (χ4n) is 1.76. The van der Waals surface area contributed by atoms with Gasteiger partial charge >= 0.3 is 0 Å². The van der Waals surface area contributed by atoms with Crippen LogP contribution in [0.5, 0.6) is 0 Å². The molecule has 0 atom stereocenters. The van der Waals surface area contributed by atoms with E-state index in [-0.39, 0.29) is 29.7 Å². The summed E-state index contributed by atoms with van der Waals surface area (Å²) in [6.45, 7) is 4.56. The van der Waals surface area contributed by atoms with Crippen molar-refractivity contribution in [3.05, 3.63) is 29.8 Å². The maximum atomic E-state index is 11.6. The lowest BCUT2D eigenvalue weighted by Gasteiger charge is -2.15. The third-order valence-corrected chi connectivity index (χ3v) is 4.91. The Labute approximate surface area is 150 Å². The molecule has 0 heterocycles. The van der Waals surface area contributed by atoms with E-state index in [2.05, 4.69) is 10.3 Å². The molecule has 6 nitrogen and oxygen atoms in total. The highest BCUT2D eigenvalue weighted by atomic mass is 127. The minimum absolute atomic E-state index is 0. The van der Waals surface area contributed by atoms with E-state index in [0.29, 0.717) is 25.5 Å². The van der Waals surface area contributed by atoms with Gasteiger partial charge in [-0.15, -0.1) is 24.0 Å². The molecule has 0 radical (unpaired) electrons. The number of anilines is 1. The summed E-state index contributed by atoms with van der Waals surface area (Å²) in [5.74, 6) is 0.450. The summed E-state index contributed by atoms with van der Waals surface area (Å²) < 4.78 is 24.5. The average Bonchev–Trinajstić information content (AvgIpc) is 2.43. The summed E-state index contributed by atoms with van der Waals surface area (Å²) in [6.07, 6.45) is 0.631. The first-order valence-corrected chi connectivity index (χ1v) is 8.53. The molecule has 0 spiro atoms. The summed E-state index contributed by atoms with van der Waals surface area (Å²) in [7, 11) is -1.53. The molecular formula is C14H25IN4O2S. The fraction of sp³-hybridized carbons (Fsp3) is 0.500. The van der Waals surface area contributed by atoms with E-state index in [0.717, 1.165) is 11.3 Å². The molecule has 0 saturated carbocycles. The van der Waals surface area contributed by atoms with Gasteiger partial charge in [0, 0.05) is 25.8 Å². The number of halogens is 1. The Morgan fingerprint density at radius 3 is 2.68 bits per heavy atom. The van der Waals surface area contributed by atoms with Gasteiger partial charge in [-0.25, -0.2) is 12.7 Å². The average molecular weight is 440 g/mol. The molecule has 0 aliphatic rings. The van der Waals surface area contributed by atoms with Gasteiger partial charge in [0.2, 0.25) is 10.0 Å². The van der Waals surface area contributed by atoms with Crippen LogP contribution in [0.4, 0.5) is 5.69 Å². The molecule has 0 aliphatic carbocycles. The molecule has 22 heavy (non-hydrogen) atoms. The number of guanidine groups is 1. The zero-order valence-electron chi connectivity index (χ0n) is 13.2. The van der Waals surface area contributed by atoms with Crippen molar-refractivity contribution in [2.75, 3.05) is 31.2 Å². The number of aliphatic imine (C=N–C) groups is 1. The van der Waals surface area contributed by atoms with Crippen LogP contribution >= 0.6 is 24.0 Å². The number of nitrogens with zero attached hydrogens (tertiary/aromatic N) is 2. The van der Waals surface area contributed by atoms with Crippen LogP contribution in [-0.2, 0) is 10.0 Å². The number of sulfonamides is 1. The van der Waals surface area contributed by atoms with Crippen molar-refractivity contribution in [3.8, 4) is 0 Å². The van der Waals surface area contributed by atoms with Crippen LogP contribution in [-0.4, -0.2) is 44.6 Å². The van der Waals surface area contributed by atoms with Crippen molar-refractivity contribution < 1.29 is 8.42 Å². The first-order valence-electron chi connectivity index (χ1n) is 6.93. The first kappa shape index (κ1) is 21.1. The summed E-state index contributed by atoms with van der Waals surface area (Å²) in [5.41, 5.74) is 7.82. The standard InChI is InChI=1S/C14H24N4O2S.HI/c1-4-21(19,20)18(3)10-6-9-16-14(15)17-13-8-5-7-12(2)11-13;/h5,7-8,11H,4,6,9-10H2,1-3H3,(H3,15,16,17);1H.